The number of aryl methyl sites for hydroxylation is 3. The molecule has 0 amide bonds. The Kier molecular flexibility index (Phi) is 5.71. The molecule has 178 valence electrons. The molecule has 4 heteroatoms. The fraction of sp³-hybridized carbons (Fsp3) is 0.400. The number of phenols is 2. The second-order valence-corrected chi connectivity index (χ2v) is 9.97. The predicted octanol–water partition coefficient (Wildman–Crippen LogP) is 8.05. The minimum atomic E-state index is 0.264. The highest BCUT2D eigenvalue weighted by molar-refractivity contribution is 5.93. The highest BCUT2D eigenvalue weighted by Crippen LogP contribution is 2.47. The standard InChI is InChI=1S/C30H34O4/c1-6-7-8-11-20-17(3)13-22-19(5)24(34-29(22)27(20)31)14-23-25-16(2)10-9-12-21(25)28(32)30-26(23)18(4)15-33-30/h6-7,13,15-16,31-32H,8-12,14H2,1-5H3/t16-/m1/s1. The third-order valence-corrected chi connectivity index (χ3v) is 7.75. The van der Waals surface area contributed by atoms with Gasteiger partial charge in [-0.3, -0.25) is 0 Å². The Morgan fingerprint density at radius 3 is 2.62 bits per heavy atom. The van der Waals surface area contributed by atoms with Gasteiger partial charge in [0.05, 0.1) is 6.26 Å². The van der Waals surface area contributed by atoms with Gasteiger partial charge in [0.25, 0.3) is 0 Å². The number of phenolic OH excluding ortho intramolecular Hbond substituents is 2. The van der Waals surface area contributed by atoms with Crippen molar-refractivity contribution in [2.45, 2.75) is 79.1 Å². The molecule has 2 aromatic heterocycles. The van der Waals surface area contributed by atoms with Crippen LogP contribution in [0.2, 0.25) is 0 Å². The maximum atomic E-state index is 11.1. The highest BCUT2D eigenvalue weighted by atomic mass is 16.4. The summed E-state index contributed by atoms with van der Waals surface area (Å²) in [7, 11) is 0. The molecule has 4 nitrogen and oxygen atoms in total. The van der Waals surface area contributed by atoms with Crippen LogP contribution in [0, 0.1) is 20.8 Å². The lowest BCUT2D eigenvalue weighted by Crippen LogP contribution is -2.12. The molecule has 0 unspecified atom stereocenters. The van der Waals surface area contributed by atoms with Crippen LogP contribution in [-0.2, 0) is 19.3 Å². The van der Waals surface area contributed by atoms with Crippen LogP contribution < -0.4 is 0 Å². The first kappa shape index (κ1) is 22.6. The van der Waals surface area contributed by atoms with Crippen molar-refractivity contribution in [3.8, 4) is 11.5 Å². The molecular weight excluding hydrogens is 424 g/mol. The summed E-state index contributed by atoms with van der Waals surface area (Å²) in [5.41, 5.74) is 8.75. The van der Waals surface area contributed by atoms with E-state index >= 15 is 0 Å². The van der Waals surface area contributed by atoms with E-state index in [0.717, 1.165) is 76.5 Å². The lowest BCUT2D eigenvalue weighted by Gasteiger charge is -2.27. The van der Waals surface area contributed by atoms with Gasteiger partial charge in [-0.05, 0) is 99.6 Å². The van der Waals surface area contributed by atoms with Crippen LogP contribution >= 0.6 is 0 Å². The summed E-state index contributed by atoms with van der Waals surface area (Å²) in [5, 5.41) is 24.1. The molecule has 2 aromatic carbocycles. The predicted molar refractivity (Wildman–Crippen MR) is 137 cm³/mol. The van der Waals surface area contributed by atoms with Gasteiger partial charge in [0.15, 0.2) is 22.7 Å². The minimum absolute atomic E-state index is 0.264. The smallest absolute Gasteiger partial charge is 0.176 e. The number of furan rings is 2. The molecule has 2 N–H and O–H groups in total. The maximum absolute atomic E-state index is 11.1. The molecule has 0 bridgehead atoms. The van der Waals surface area contributed by atoms with E-state index in [1.807, 2.05) is 19.9 Å². The molecule has 1 aliphatic rings. The minimum Gasteiger partial charge on any atom is -0.504 e. The third-order valence-electron chi connectivity index (χ3n) is 7.75. The molecule has 0 radical (unpaired) electrons. The van der Waals surface area contributed by atoms with E-state index in [4.69, 9.17) is 8.83 Å². The maximum Gasteiger partial charge on any atom is 0.176 e. The first-order valence-corrected chi connectivity index (χ1v) is 12.4. The van der Waals surface area contributed by atoms with Gasteiger partial charge in [0.2, 0.25) is 0 Å². The van der Waals surface area contributed by atoms with Gasteiger partial charge in [-0.1, -0.05) is 19.1 Å². The summed E-state index contributed by atoms with van der Waals surface area (Å²) in [4.78, 5) is 0. The Hall–Kier alpha value is -3.14. The number of hydrogen-bond donors (Lipinski definition) is 2. The van der Waals surface area contributed by atoms with Crippen LogP contribution in [0.25, 0.3) is 21.9 Å². The average Bonchev–Trinajstić information content (AvgIpc) is 3.34. The fourth-order valence-electron chi connectivity index (χ4n) is 5.93. The van der Waals surface area contributed by atoms with Gasteiger partial charge in [0, 0.05) is 28.3 Å². The molecule has 4 aromatic rings. The zero-order valence-corrected chi connectivity index (χ0v) is 20.8. The van der Waals surface area contributed by atoms with Crippen LogP contribution in [0.15, 0.2) is 33.3 Å². The van der Waals surface area contributed by atoms with Gasteiger partial charge in [-0.25, -0.2) is 0 Å². The first-order valence-electron chi connectivity index (χ1n) is 12.4. The van der Waals surface area contributed by atoms with Crippen LogP contribution in [0.4, 0.5) is 0 Å². The summed E-state index contributed by atoms with van der Waals surface area (Å²) >= 11 is 0. The van der Waals surface area contributed by atoms with Crippen molar-refractivity contribution in [2.24, 2.45) is 0 Å². The Balaban J connectivity index is 1.68. The van der Waals surface area contributed by atoms with Gasteiger partial charge in [-0.2, -0.15) is 0 Å². The fourth-order valence-corrected chi connectivity index (χ4v) is 5.93. The molecule has 0 saturated carbocycles. The molecule has 0 saturated heterocycles. The van der Waals surface area contributed by atoms with E-state index in [9.17, 15) is 10.2 Å². The van der Waals surface area contributed by atoms with E-state index in [-0.39, 0.29) is 5.75 Å². The number of fused-ring (bicyclic) bond motifs is 3. The monoisotopic (exact) mass is 458 g/mol. The molecule has 1 aliphatic carbocycles. The van der Waals surface area contributed by atoms with Crippen LogP contribution in [0.1, 0.15) is 83.7 Å². The Bertz CT molecular complexity index is 1430. The number of rotatable bonds is 5. The van der Waals surface area contributed by atoms with Gasteiger partial charge in [-0.15, -0.1) is 0 Å². The molecule has 1 atom stereocenters. The molecule has 0 spiro atoms. The van der Waals surface area contributed by atoms with Crippen molar-refractivity contribution in [1.29, 1.82) is 0 Å². The SMILES string of the molecule is CC=CCCc1c(C)cc2c(C)c(Cc3c4c(c(O)c5occ(C)c35)CCC[C@H]4C)oc2c1O. The summed E-state index contributed by atoms with van der Waals surface area (Å²) in [6.07, 6.45) is 11.2. The zero-order chi connectivity index (χ0) is 24.1. The quantitative estimate of drug-likeness (QED) is 0.297. The molecule has 2 heterocycles. The topological polar surface area (TPSA) is 66.7 Å². The normalized spacial score (nSPS) is 16.2. The van der Waals surface area contributed by atoms with E-state index in [1.165, 1.54) is 11.1 Å². The summed E-state index contributed by atoms with van der Waals surface area (Å²) in [5.74, 6) is 1.79. The van der Waals surface area contributed by atoms with Gasteiger partial charge in [0.1, 0.15) is 5.76 Å². The molecule has 0 aliphatic heterocycles. The highest BCUT2D eigenvalue weighted by Gasteiger charge is 2.29. The lowest BCUT2D eigenvalue weighted by molar-refractivity contribution is 0.446. The van der Waals surface area contributed by atoms with Crippen molar-refractivity contribution >= 4 is 21.9 Å². The third kappa shape index (κ3) is 3.43. The zero-order valence-electron chi connectivity index (χ0n) is 20.8. The Labute approximate surface area is 200 Å². The Morgan fingerprint density at radius 1 is 1.06 bits per heavy atom. The van der Waals surface area contributed by atoms with Crippen LogP contribution in [0.3, 0.4) is 0 Å². The largest absolute Gasteiger partial charge is 0.504 e. The molecule has 34 heavy (non-hydrogen) atoms. The van der Waals surface area contributed by atoms with Crippen LogP contribution in [-0.4, -0.2) is 10.2 Å². The van der Waals surface area contributed by atoms with Crippen molar-refractivity contribution in [3.63, 3.8) is 0 Å². The first-order chi connectivity index (χ1) is 16.3. The number of benzene rings is 2. The van der Waals surface area contributed by atoms with Gasteiger partial charge >= 0.3 is 0 Å². The number of aromatic hydroxyl groups is 2. The van der Waals surface area contributed by atoms with E-state index < -0.39 is 0 Å². The van der Waals surface area contributed by atoms with Crippen molar-refractivity contribution in [2.75, 3.05) is 0 Å². The second-order valence-electron chi connectivity index (χ2n) is 9.97. The molecular formula is C30H34O4. The molecule has 5 rings (SSSR count). The van der Waals surface area contributed by atoms with Crippen LogP contribution in [0.5, 0.6) is 11.5 Å². The van der Waals surface area contributed by atoms with Gasteiger partial charge < -0.3 is 19.0 Å². The van der Waals surface area contributed by atoms with E-state index in [1.54, 1.807) is 6.26 Å². The van der Waals surface area contributed by atoms with E-state index in [2.05, 4.69) is 32.9 Å². The van der Waals surface area contributed by atoms with Crippen molar-refractivity contribution in [3.05, 3.63) is 69.2 Å². The summed E-state index contributed by atoms with van der Waals surface area (Å²) in [6, 6.07) is 2.15. The number of hydrogen-bond acceptors (Lipinski definition) is 4. The number of allylic oxidation sites excluding steroid dienone is 2. The Morgan fingerprint density at radius 2 is 1.85 bits per heavy atom. The second kappa shape index (κ2) is 8.57. The summed E-state index contributed by atoms with van der Waals surface area (Å²) < 4.78 is 12.2. The van der Waals surface area contributed by atoms with Crippen molar-refractivity contribution in [1.82, 2.24) is 0 Å². The average molecular weight is 459 g/mol. The lowest BCUT2D eigenvalue weighted by atomic mass is 9.78. The van der Waals surface area contributed by atoms with E-state index in [0.29, 0.717) is 29.3 Å². The summed E-state index contributed by atoms with van der Waals surface area (Å²) in [6.45, 7) is 10.4. The molecule has 0 fully saturated rings. The van der Waals surface area contributed by atoms with Crippen molar-refractivity contribution < 1.29 is 19.0 Å².